The van der Waals surface area contributed by atoms with Gasteiger partial charge < -0.3 is 10.1 Å². The minimum Gasteiger partial charge on any atom is -0.479 e. The van der Waals surface area contributed by atoms with Crippen molar-refractivity contribution < 1.29 is 14.3 Å². The van der Waals surface area contributed by atoms with Gasteiger partial charge in [0.2, 0.25) is 0 Å². The molecule has 1 aliphatic rings. The molecule has 0 saturated carbocycles. The van der Waals surface area contributed by atoms with Crippen LogP contribution in [0.3, 0.4) is 0 Å². The summed E-state index contributed by atoms with van der Waals surface area (Å²) in [5, 5.41) is 2.71. The number of amides is 3. The molecule has 0 aromatic heterocycles. The molecular weight excluding hydrogens is 236 g/mol. The van der Waals surface area contributed by atoms with Crippen molar-refractivity contribution in [2.24, 2.45) is 5.84 Å². The summed E-state index contributed by atoms with van der Waals surface area (Å²) in [6.07, 6.45) is -0.520. The van der Waals surface area contributed by atoms with Crippen molar-refractivity contribution in [3.8, 4) is 5.75 Å². The second-order valence-corrected chi connectivity index (χ2v) is 3.94. The summed E-state index contributed by atoms with van der Waals surface area (Å²) in [6, 6.07) is 4.60. The maximum Gasteiger partial charge on any atom is 0.335 e. The molecule has 7 heteroatoms. The normalized spacial score (nSPS) is 17.3. The number of carbonyl (C=O) groups excluding carboxylic acids is 2. The average Bonchev–Trinajstić information content (AvgIpc) is 2.37. The fourth-order valence-electron chi connectivity index (χ4n) is 1.62. The first-order valence-electron chi connectivity index (χ1n) is 5.39. The predicted molar refractivity (Wildman–Crippen MR) is 66.3 cm³/mol. The Balaban J connectivity index is 2.30. The summed E-state index contributed by atoms with van der Waals surface area (Å²) in [4.78, 5) is 24.2. The molecule has 0 bridgehead atoms. The Labute approximate surface area is 104 Å². The van der Waals surface area contributed by atoms with E-state index in [1.807, 2.05) is 5.43 Å². The van der Waals surface area contributed by atoms with Gasteiger partial charge >= 0.3 is 6.03 Å². The van der Waals surface area contributed by atoms with Crippen molar-refractivity contribution in [3.05, 3.63) is 18.2 Å². The smallest absolute Gasteiger partial charge is 0.335 e. The number of hydrazine groups is 1. The van der Waals surface area contributed by atoms with Crippen molar-refractivity contribution in [2.45, 2.75) is 13.0 Å². The van der Waals surface area contributed by atoms with Gasteiger partial charge in [-0.15, -0.1) is 0 Å². The average molecular weight is 250 g/mol. The number of ether oxygens (including phenoxy) is 1. The molecule has 96 valence electrons. The SMILES string of the molecule is CC1Oc2ccc(N(C)C(=O)NN)cc2NC1=O. The minimum absolute atomic E-state index is 0.217. The first-order valence-corrected chi connectivity index (χ1v) is 5.39. The Bertz CT molecular complexity index is 503. The van der Waals surface area contributed by atoms with Crippen molar-refractivity contribution in [1.29, 1.82) is 0 Å². The topological polar surface area (TPSA) is 96.7 Å². The molecule has 0 radical (unpaired) electrons. The third kappa shape index (κ3) is 2.07. The summed E-state index contributed by atoms with van der Waals surface area (Å²) in [7, 11) is 1.57. The molecular formula is C11H14N4O3. The van der Waals surface area contributed by atoms with Gasteiger partial charge in [-0.1, -0.05) is 0 Å². The van der Waals surface area contributed by atoms with Gasteiger partial charge in [-0.2, -0.15) is 0 Å². The Morgan fingerprint density at radius 2 is 2.28 bits per heavy atom. The monoisotopic (exact) mass is 250 g/mol. The number of hydrogen-bond donors (Lipinski definition) is 3. The summed E-state index contributed by atoms with van der Waals surface area (Å²) < 4.78 is 5.41. The summed E-state index contributed by atoms with van der Waals surface area (Å²) in [5.74, 6) is 5.41. The van der Waals surface area contributed by atoms with Crippen molar-refractivity contribution in [3.63, 3.8) is 0 Å². The highest BCUT2D eigenvalue weighted by Gasteiger charge is 2.24. The molecule has 0 saturated heterocycles. The van der Waals surface area contributed by atoms with Crippen LogP contribution in [-0.2, 0) is 4.79 Å². The highest BCUT2D eigenvalue weighted by Crippen LogP contribution is 2.33. The molecule has 4 N–H and O–H groups in total. The van der Waals surface area contributed by atoms with Gasteiger partial charge in [0.05, 0.1) is 5.69 Å². The van der Waals surface area contributed by atoms with Gasteiger partial charge in [0.15, 0.2) is 6.10 Å². The fraction of sp³-hybridized carbons (Fsp3) is 0.273. The maximum atomic E-state index is 11.5. The van der Waals surface area contributed by atoms with Crippen LogP contribution in [0.2, 0.25) is 0 Å². The van der Waals surface area contributed by atoms with E-state index >= 15 is 0 Å². The predicted octanol–water partition coefficient (Wildman–Crippen LogP) is 0.425. The lowest BCUT2D eigenvalue weighted by Crippen LogP contribution is -2.41. The van der Waals surface area contributed by atoms with Crippen LogP contribution >= 0.6 is 0 Å². The van der Waals surface area contributed by atoms with E-state index in [2.05, 4.69) is 5.32 Å². The van der Waals surface area contributed by atoms with Gasteiger partial charge in [-0.3, -0.25) is 15.1 Å². The number of nitrogens with one attached hydrogen (secondary N) is 2. The molecule has 1 heterocycles. The third-order valence-corrected chi connectivity index (χ3v) is 2.71. The Kier molecular flexibility index (Phi) is 3.07. The highest BCUT2D eigenvalue weighted by atomic mass is 16.5. The third-order valence-electron chi connectivity index (χ3n) is 2.71. The van der Waals surface area contributed by atoms with Crippen molar-refractivity contribution in [1.82, 2.24) is 5.43 Å². The number of nitrogens with two attached hydrogens (primary N) is 1. The maximum absolute atomic E-state index is 11.5. The number of anilines is 2. The van der Waals surface area contributed by atoms with E-state index in [4.69, 9.17) is 10.6 Å². The van der Waals surface area contributed by atoms with Crippen LogP contribution in [0, 0.1) is 0 Å². The Hall–Kier alpha value is -2.28. The molecule has 1 aromatic rings. The largest absolute Gasteiger partial charge is 0.479 e. The van der Waals surface area contributed by atoms with E-state index in [1.54, 1.807) is 32.2 Å². The van der Waals surface area contributed by atoms with Crippen molar-refractivity contribution in [2.75, 3.05) is 17.3 Å². The van der Waals surface area contributed by atoms with Crippen LogP contribution in [0.15, 0.2) is 18.2 Å². The van der Waals surface area contributed by atoms with E-state index in [9.17, 15) is 9.59 Å². The van der Waals surface area contributed by atoms with E-state index in [0.717, 1.165) is 0 Å². The van der Waals surface area contributed by atoms with E-state index in [0.29, 0.717) is 17.1 Å². The Morgan fingerprint density at radius 3 is 2.94 bits per heavy atom. The second kappa shape index (κ2) is 4.53. The quantitative estimate of drug-likeness (QED) is 0.382. The molecule has 1 aromatic carbocycles. The van der Waals surface area contributed by atoms with Crippen molar-refractivity contribution >= 4 is 23.3 Å². The van der Waals surface area contributed by atoms with Crippen LogP contribution in [0.1, 0.15) is 6.92 Å². The van der Waals surface area contributed by atoms with E-state index in [-0.39, 0.29) is 5.91 Å². The molecule has 18 heavy (non-hydrogen) atoms. The van der Waals surface area contributed by atoms with Gasteiger partial charge in [0.25, 0.3) is 5.91 Å². The zero-order valence-electron chi connectivity index (χ0n) is 10.1. The molecule has 3 amide bonds. The molecule has 2 rings (SSSR count). The summed E-state index contributed by atoms with van der Waals surface area (Å²) in [5.41, 5.74) is 3.15. The lowest BCUT2D eigenvalue weighted by Gasteiger charge is -2.25. The van der Waals surface area contributed by atoms with Crippen LogP contribution in [0.25, 0.3) is 0 Å². The van der Waals surface area contributed by atoms with Gasteiger partial charge in [0, 0.05) is 12.7 Å². The Morgan fingerprint density at radius 1 is 1.56 bits per heavy atom. The first kappa shape index (κ1) is 12.2. The number of rotatable bonds is 1. The van der Waals surface area contributed by atoms with E-state index < -0.39 is 12.1 Å². The molecule has 1 atom stereocenters. The summed E-state index contributed by atoms with van der Waals surface area (Å²) in [6.45, 7) is 1.67. The zero-order chi connectivity index (χ0) is 13.3. The minimum atomic E-state index is -0.520. The van der Waals surface area contributed by atoms with Crippen LogP contribution in [0.5, 0.6) is 5.75 Å². The lowest BCUT2D eigenvalue weighted by atomic mass is 10.2. The summed E-state index contributed by atoms with van der Waals surface area (Å²) >= 11 is 0. The lowest BCUT2D eigenvalue weighted by molar-refractivity contribution is -0.122. The molecule has 0 fully saturated rings. The number of hydrogen-bond acceptors (Lipinski definition) is 4. The number of fused-ring (bicyclic) bond motifs is 1. The fourth-order valence-corrected chi connectivity index (χ4v) is 1.62. The molecule has 1 aliphatic heterocycles. The van der Waals surface area contributed by atoms with Gasteiger partial charge in [-0.25, -0.2) is 10.6 Å². The van der Waals surface area contributed by atoms with Crippen LogP contribution < -0.4 is 26.2 Å². The number of carbonyl (C=O) groups is 2. The van der Waals surface area contributed by atoms with E-state index in [1.165, 1.54) is 4.90 Å². The number of benzene rings is 1. The number of urea groups is 1. The van der Waals surface area contributed by atoms with Gasteiger partial charge in [0.1, 0.15) is 5.75 Å². The molecule has 0 spiro atoms. The first-order chi connectivity index (χ1) is 8.52. The molecule has 1 unspecified atom stereocenters. The van der Waals surface area contributed by atoms with Crippen LogP contribution in [-0.4, -0.2) is 25.1 Å². The van der Waals surface area contributed by atoms with Crippen LogP contribution in [0.4, 0.5) is 16.2 Å². The molecule has 0 aliphatic carbocycles. The van der Waals surface area contributed by atoms with Gasteiger partial charge in [-0.05, 0) is 25.1 Å². The zero-order valence-corrected chi connectivity index (χ0v) is 10.1. The number of nitrogens with zero attached hydrogens (tertiary/aromatic N) is 1. The second-order valence-electron chi connectivity index (χ2n) is 3.94. The highest BCUT2D eigenvalue weighted by molar-refractivity contribution is 5.99. The molecule has 7 nitrogen and oxygen atoms in total. The standard InChI is InChI=1S/C11H14N4O3/c1-6-10(16)13-8-5-7(3-4-9(8)18-6)15(2)11(17)14-12/h3-6H,12H2,1-2H3,(H,13,16)(H,14,17).